The van der Waals surface area contributed by atoms with E-state index in [-0.39, 0.29) is 12.0 Å². The van der Waals surface area contributed by atoms with Crippen molar-refractivity contribution in [1.82, 2.24) is 19.6 Å². The van der Waals surface area contributed by atoms with Crippen molar-refractivity contribution in [2.45, 2.75) is 38.3 Å². The van der Waals surface area contributed by atoms with Gasteiger partial charge >= 0.3 is 0 Å². The summed E-state index contributed by atoms with van der Waals surface area (Å²) in [6.45, 7) is 5.58. The lowest BCUT2D eigenvalue weighted by Crippen LogP contribution is -2.33. The summed E-state index contributed by atoms with van der Waals surface area (Å²) < 4.78 is 7.85. The largest absolute Gasteiger partial charge is 0.489 e. The molecule has 1 fully saturated rings. The topological polar surface area (TPSA) is 58.9 Å². The molecule has 0 saturated carbocycles. The molecule has 5 rings (SSSR count). The molecule has 3 heterocycles. The van der Waals surface area contributed by atoms with Gasteiger partial charge in [0.2, 0.25) is 0 Å². The van der Waals surface area contributed by atoms with Gasteiger partial charge in [0.15, 0.2) is 0 Å². The van der Waals surface area contributed by atoms with E-state index in [0.717, 1.165) is 31.0 Å². The molecule has 1 aliphatic rings. The number of piperidine rings is 1. The van der Waals surface area contributed by atoms with Gasteiger partial charge in [-0.3, -0.25) is 9.69 Å². The molecular weight excluding hydrogens is 436 g/mol. The summed E-state index contributed by atoms with van der Waals surface area (Å²) in [5, 5.41) is 2.91. The van der Waals surface area contributed by atoms with Crippen molar-refractivity contribution in [1.29, 1.82) is 0 Å². The van der Waals surface area contributed by atoms with E-state index in [2.05, 4.69) is 57.7 Å². The maximum absolute atomic E-state index is 12.5. The lowest BCUT2D eigenvalue weighted by Gasteiger charge is -2.32. The summed E-state index contributed by atoms with van der Waals surface area (Å²) in [5.74, 6) is 1.29. The number of pyridine rings is 1. The first kappa shape index (κ1) is 23.1. The number of imidazole rings is 1. The van der Waals surface area contributed by atoms with Gasteiger partial charge in [-0.15, -0.1) is 0 Å². The van der Waals surface area contributed by atoms with E-state index in [9.17, 15) is 4.79 Å². The Morgan fingerprint density at radius 3 is 2.51 bits per heavy atom. The summed E-state index contributed by atoms with van der Waals surface area (Å²) in [6.07, 6.45) is 5.88. The van der Waals surface area contributed by atoms with Gasteiger partial charge in [-0.25, -0.2) is 4.98 Å². The second-order valence-electron chi connectivity index (χ2n) is 9.34. The van der Waals surface area contributed by atoms with Crippen molar-refractivity contribution in [3.8, 4) is 5.75 Å². The average molecular weight is 469 g/mol. The van der Waals surface area contributed by atoms with Crippen LogP contribution in [0, 0.1) is 0 Å². The zero-order valence-electron chi connectivity index (χ0n) is 20.1. The number of amides is 1. The smallest absolute Gasteiger partial charge is 0.271 e. The quantitative estimate of drug-likeness (QED) is 0.399. The van der Waals surface area contributed by atoms with Gasteiger partial charge < -0.3 is 14.5 Å². The standard InChI is InChI=1S/C29H32N4O2/c1-22(19-30-29(34)27-21-33-16-6-5-9-28(33)31-27)35-26-12-10-23(11-13-26)20-32-17-14-25(15-18-32)24-7-3-2-4-8-24/h2-13,16,21-22,25H,14-15,17-20H2,1H3,(H,30,34). The number of hydrogen-bond acceptors (Lipinski definition) is 4. The summed E-state index contributed by atoms with van der Waals surface area (Å²) in [6, 6.07) is 24.9. The van der Waals surface area contributed by atoms with Crippen molar-refractivity contribution in [2.75, 3.05) is 19.6 Å². The van der Waals surface area contributed by atoms with Gasteiger partial charge in [0.25, 0.3) is 5.91 Å². The molecule has 1 unspecified atom stereocenters. The zero-order valence-corrected chi connectivity index (χ0v) is 20.1. The highest BCUT2D eigenvalue weighted by Crippen LogP contribution is 2.28. The van der Waals surface area contributed by atoms with Crippen LogP contribution in [-0.4, -0.2) is 45.9 Å². The summed E-state index contributed by atoms with van der Waals surface area (Å²) >= 11 is 0. The maximum atomic E-state index is 12.5. The van der Waals surface area contributed by atoms with Crippen LogP contribution in [0.5, 0.6) is 5.75 Å². The number of ether oxygens (including phenoxy) is 1. The van der Waals surface area contributed by atoms with Gasteiger partial charge in [-0.1, -0.05) is 48.5 Å². The minimum atomic E-state index is -0.199. The normalized spacial score (nSPS) is 15.7. The molecule has 2 aromatic heterocycles. The van der Waals surface area contributed by atoms with Crippen LogP contribution in [0.3, 0.4) is 0 Å². The van der Waals surface area contributed by atoms with E-state index in [1.165, 1.54) is 24.0 Å². The number of carbonyl (C=O) groups is 1. The molecule has 4 aromatic rings. The Labute approximate surface area is 206 Å². The molecule has 6 heteroatoms. The van der Waals surface area contributed by atoms with Crippen molar-refractivity contribution in [2.24, 2.45) is 0 Å². The molecule has 1 atom stereocenters. The van der Waals surface area contributed by atoms with E-state index < -0.39 is 0 Å². The van der Waals surface area contributed by atoms with Crippen LogP contribution >= 0.6 is 0 Å². The molecular formula is C29H32N4O2. The van der Waals surface area contributed by atoms with Crippen LogP contribution < -0.4 is 10.1 Å². The molecule has 1 saturated heterocycles. The Kier molecular flexibility index (Phi) is 7.09. The monoisotopic (exact) mass is 468 g/mol. The van der Waals surface area contributed by atoms with E-state index in [1.807, 2.05) is 47.9 Å². The Morgan fingerprint density at radius 2 is 1.77 bits per heavy atom. The number of likely N-dealkylation sites (tertiary alicyclic amines) is 1. The molecule has 1 N–H and O–H groups in total. The first-order valence-electron chi connectivity index (χ1n) is 12.4. The lowest BCUT2D eigenvalue weighted by atomic mass is 9.89. The highest BCUT2D eigenvalue weighted by atomic mass is 16.5. The second-order valence-corrected chi connectivity index (χ2v) is 9.34. The fraction of sp³-hybridized carbons (Fsp3) is 0.310. The Balaban J connectivity index is 1.06. The number of rotatable bonds is 8. The highest BCUT2D eigenvalue weighted by molar-refractivity contribution is 5.92. The SMILES string of the molecule is CC(CNC(=O)c1cn2ccccc2n1)Oc1ccc(CN2CCC(c3ccccc3)CC2)cc1. The van der Waals surface area contributed by atoms with Gasteiger partial charge in [0.1, 0.15) is 23.2 Å². The minimum absolute atomic E-state index is 0.154. The van der Waals surface area contributed by atoms with E-state index >= 15 is 0 Å². The Hall–Kier alpha value is -3.64. The van der Waals surface area contributed by atoms with Crippen LogP contribution in [0.15, 0.2) is 85.2 Å². The predicted molar refractivity (Wildman–Crippen MR) is 138 cm³/mol. The van der Waals surface area contributed by atoms with Gasteiger partial charge in [-0.2, -0.15) is 0 Å². The number of carbonyl (C=O) groups excluding carboxylic acids is 1. The zero-order chi connectivity index (χ0) is 24.0. The van der Waals surface area contributed by atoms with Crippen molar-refractivity contribution in [3.63, 3.8) is 0 Å². The third-order valence-electron chi connectivity index (χ3n) is 6.67. The Morgan fingerprint density at radius 1 is 1.03 bits per heavy atom. The first-order valence-corrected chi connectivity index (χ1v) is 12.4. The molecule has 0 spiro atoms. The van der Waals surface area contributed by atoms with Crippen molar-refractivity contribution < 1.29 is 9.53 Å². The lowest BCUT2D eigenvalue weighted by molar-refractivity contribution is 0.0928. The van der Waals surface area contributed by atoms with Gasteiger partial charge in [-0.05, 0) is 74.2 Å². The fourth-order valence-electron chi connectivity index (χ4n) is 4.73. The number of benzene rings is 2. The second kappa shape index (κ2) is 10.7. The molecule has 180 valence electrons. The summed E-state index contributed by atoms with van der Waals surface area (Å²) in [7, 11) is 0. The first-order chi connectivity index (χ1) is 17.1. The third kappa shape index (κ3) is 5.89. The van der Waals surface area contributed by atoms with Crippen LogP contribution in [0.4, 0.5) is 0 Å². The van der Waals surface area contributed by atoms with Gasteiger partial charge in [0, 0.05) is 18.9 Å². The number of hydrogen-bond donors (Lipinski definition) is 1. The third-order valence-corrected chi connectivity index (χ3v) is 6.67. The van der Waals surface area contributed by atoms with E-state index in [1.54, 1.807) is 6.20 Å². The molecule has 0 bridgehead atoms. The molecule has 1 aliphatic heterocycles. The Bertz CT molecular complexity index is 1210. The number of nitrogens with one attached hydrogen (secondary N) is 1. The average Bonchev–Trinajstić information content (AvgIpc) is 3.34. The van der Waals surface area contributed by atoms with Crippen LogP contribution in [-0.2, 0) is 6.54 Å². The van der Waals surface area contributed by atoms with Gasteiger partial charge in [0.05, 0.1) is 6.54 Å². The minimum Gasteiger partial charge on any atom is -0.489 e. The highest BCUT2D eigenvalue weighted by Gasteiger charge is 2.20. The molecule has 0 aliphatic carbocycles. The van der Waals surface area contributed by atoms with Crippen LogP contribution in [0.1, 0.15) is 47.3 Å². The number of fused-ring (bicyclic) bond motifs is 1. The summed E-state index contributed by atoms with van der Waals surface area (Å²) in [5.41, 5.74) is 3.92. The molecule has 6 nitrogen and oxygen atoms in total. The van der Waals surface area contributed by atoms with E-state index in [4.69, 9.17) is 4.74 Å². The molecule has 1 amide bonds. The summed E-state index contributed by atoms with van der Waals surface area (Å²) in [4.78, 5) is 19.4. The fourth-order valence-corrected chi connectivity index (χ4v) is 4.73. The maximum Gasteiger partial charge on any atom is 0.271 e. The number of nitrogens with zero attached hydrogens (tertiary/aromatic N) is 3. The molecule has 35 heavy (non-hydrogen) atoms. The van der Waals surface area contributed by atoms with E-state index in [0.29, 0.717) is 18.2 Å². The molecule has 0 radical (unpaired) electrons. The molecule has 2 aromatic carbocycles. The van der Waals surface area contributed by atoms with Crippen molar-refractivity contribution >= 4 is 11.6 Å². The van der Waals surface area contributed by atoms with Crippen molar-refractivity contribution in [3.05, 3.63) is 102 Å². The van der Waals surface area contributed by atoms with Crippen LogP contribution in [0.25, 0.3) is 5.65 Å². The number of aromatic nitrogens is 2. The predicted octanol–water partition coefficient (Wildman–Crippen LogP) is 4.91. The van der Waals surface area contributed by atoms with Crippen LogP contribution in [0.2, 0.25) is 0 Å².